The molecule has 1 aromatic heterocycles. The van der Waals surface area contributed by atoms with Crippen LogP contribution in [0, 0.1) is 6.92 Å². The molecule has 5 nitrogen and oxygen atoms in total. The van der Waals surface area contributed by atoms with Gasteiger partial charge in [-0.15, -0.1) is 0 Å². The zero-order valence-corrected chi connectivity index (χ0v) is 20.7. The summed E-state index contributed by atoms with van der Waals surface area (Å²) in [4.78, 5) is 11.6. The van der Waals surface area contributed by atoms with Gasteiger partial charge in [0.2, 0.25) is 0 Å². The van der Waals surface area contributed by atoms with Crippen LogP contribution in [-0.2, 0) is 21.4 Å². The molecule has 1 saturated carbocycles. The molecular formula is C31H31NO4. The number of carboxylic acids is 1. The Bertz CT molecular complexity index is 1320. The van der Waals surface area contributed by atoms with Crippen molar-refractivity contribution in [1.29, 1.82) is 0 Å². The number of benzene rings is 3. The summed E-state index contributed by atoms with van der Waals surface area (Å²) in [6.07, 6.45) is 4.22. The van der Waals surface area contributed by atoms with E-state index in [0.717, 1.165) is 58.5 Å². The quantitative estimate of drug-likeness (QED) is 0.260. The van der Waals surface area contributed by atoms with Gasteiger partial charge >= 0.3 is 5.97 Å². The van der Waals surface area contributed by atoms with Crippen molar-refractivity contribution in [3.63, 3.8) is 0 Å². The van der Waals surface area contributed by atoms with Crippen LogP contribution in [0.2, 0.25) is 0 Å². The van der Waals surface area contributed by atoms with E-state index in [4.69, 9.17) is 9.26 Å². The van der Waals surface area contributed by atoms with Crippen LogP contribution in [-0.4, -0.2) is 23.3 Å². The monoisotopic (exact) mass is 481 g/mol. The Morgan fingerprint density at radius 1 is 0.972 bits per heavy atom. The molecule has 5 rings (SSSR count). The molecule has 3 aromatic carbocycles. The smallest absolute Gasteiger partial charge is 0.314 e. The summed E-state index contributed by atoms with van der Waals surface area (Å²) in [7, 11) is 1.74. The second-order valence-corrected chi connectivity index (χ2v) is 9.65. The number of rotatable bonds is 10. The standard InChI is InChI=1S/C31H31NO4/c1-21-28(27(35-2)10-6-9-22-7-4-3-5-8-22)29(36-32-21)25-13-11-23(12-14-25)24-15-17-26(18-16-24)31(19-20-31)30(33)34/h3-5,7-8,11-18,27H,6,9-10,19-20H2,1-2H3,(H,33,34). The van der Waals surface area contributed by atoms with Gasteiger partial charge in [0.1, 0.15) is 0 Å². The molecule has 0 bridgehead atoms. The number of carboxylic acid groups (broad SMARTS) is 1. The highest BCUT2D eigenvalue weighted by Gasteiger charge is 2.51. The molecule has 1 aliphatic rings. The van der Waals surface area contributed by atoms with Gasteiger partial charge < -0.3 is 14.4 Å². The largest absolute Gasteiger partial charge is 0.481 e. The predicted molar refractivity (Wildman–Crippen MR) is 140 cm³/mol. The van der Waals surface area contributed by atoms with Crippen LogP contribution in [0.5, 0.6) is 0 Å². The van der Waals surface area contributed by atoms with Crippen LogP contribution >= 0.6 is 0 Å². The van der Waals surface area contributed by atoms with Crippen LogP contribution in [0.25, 0.3) is 22.5 Å². The Labute approximate surface area is 211 Å². The van der Waals surface area contributed by atoms with Gasteiger partial charge in [-0.25, -0.2) is 0 Å². The lowest BCUT2D eigenvalue weighted by atomic mass is 9.93. The molecule has 1 N–H and O–H groups in total. The lowest BCUT2D eigenvalue weighted by Crippen LogP contribution is -2.19. The minimum absolute atomic E-state index is 0.0915. The van der Waals surface area contributed by atoms with Crippen LogP contribution in [0.3, 0.4) is 0 Å². The summed E-state index contributed by atoms with van der Waals surface area (Å²) in [6, 6.07) is 26.6. The van der Waals surface area contributed by atoms with E-state index < -0.39 is 11.4 Å². The first-order chi connectivity index (χ1) is 17.5. The van der Waals surface area contributed by atoms with E-state index in [1.807, 2.05) is 49.4 Å². The number of carbonyl (C=O) groups is 1. The Morgan fingerprint density at radius 2 is 1.58 bits per heavy atom. The number of methoxy groups -OCH3 is 1. The highest BCUT2D eigenvalue weighted by Crippen LogP contribution is 2.48. The zero-order chi connectivity index (χ0) is 25.1. The van der Waals surface area contributed by atoms with Crippen molar-refractivity contribution in [3.8, 4) is 22.5 Å². The van der Waals surface area contributed by atoms with Crippen molar-refractivity contribution in [3.05, 3.63) is 101 Å². The maximum absolute atomic E-state index is 11.6. The molecule has 0 aliphatic heterocycles. The number of hydrogen-bond acceptors (Lipinski definition) is 4. The SMILES string of the molecule is COC(CCCc1ccccc1)c1c(C)noc1-c1ccc(-c2ccc(C3(C(=O)O)CC3)cc2)cc1. The summed E-state index contributed by atoms with van der Waals surface area (Å²) in [6.45, 7) is 1.96. The molecule has 0 spiro atoms. The summed E-state index contributed by atoms with van der Waals surface area (Å²) < 4.78 is 11.7. The van der Waals surface area contributed by atoms with Gasteiger partial charge in [-0.2, -0.15) is 0 Å². The number of ether oxygens (including phenoxy) is 1. The Hall–Kier alpha value is -3.70. The molecule has 1 heterocycles. The third kappa shape index (κ3) is 4.71. The topological polar surface area (TPSA) is 72.6 Å². The van der Waals surface area contributed by atoms with E-state index in [2.05, 4.69) is 41.6 Å². The minimum atomic E-state index is -0.729. The van der Waals surface area contributed by atoms with Crippen LogP contribution in [0.1, 0.15) is 54.2 Å². The van der Waals surface area contributed by atoms with Crippen molar-refractivity contribution in [2.45, 2.75) is 50.5 Å². The van der Waals surface area contributed by atoms with Crippen molar-refractivity contribution >= 4 is 5.97 Å². The van der Waals surface area contributed by atoms with Gasteiger partial charge in [-0.3, -0.25) is 4.79 Å². The van der Waals surface area contributed by atoms with Crippen molar-refractivity contribution < 1.29 is 19.2 Å². The minimum Gasteiger partial charge on any atom is -0.481 e. The number of aromatic nitrogens is 1. The van der Waals surface area contributed by atoms with E-state index in [1.54, 1.807) is 7.11 Å². The molecule has 184 valence electrons. The average Bonchev–Trinajstić information content (AvgIpc) is 3.65. The lowest BCUT2D eigenvalue weighted by Gasteiger charge is -2.16. The molecule has 1 unspecified atom stereocenters. The highest BCUT2D eigenvalue weighted by atomic mass is 16.5. The highest BCUT2D eigenvalue weighted by molar-refractivity contribution is 5.85. The Kier molecular flexibility index (Phi) is 6.75. The van der Waals surface area contributed by atoms with Gasteiger partial charge in [0, 0.05) is 12.7 Å². The molecule has 5 heteroatoms. The van der Waals surface area contributed by atoms with Crippen molar-refractivity contribution in [1.82, 2.24) is 5.16 Å². The van der Waals surface area contributed by atoms with Gasteiger partial charge in [-0.1, -0.05) is 84.0 Å². The van der Waals surface area contributed by atoms with Crippen LogP contribution < -0.4 is 0 Å². The number of hydrogen-bond donors (Lipinski definition) is 1. The normalized spacial score (nSPS) is 14.9. The molecule has 1 aliphatic carbocycles. The molecule has 1 fully saturated rings. The number of aryl methyl sites for hydroxylation is 2. The zero-order valence-electron chi connectivity index (χ0n) is 20.7. The fourth-order valence-electron chi connectivity index (χ4n) is 5.03. The molecular weight excluding hydrogens is 450 g/mol. The lowest BCUT2D eigenvalue weighted by molar-refractivity contribution is -0.140. The Morgan fingerprint density at radius 3 is 2.17 bits per heavy atom. The third-order valence-electron chi connectivity index (χ3n) is 7.37. The van der Waals surface area contributed by atoms with Gasteiger partial charge in [0.25, 0.3) is 0 Å². The fourth-order valence-corrected chi connectivity index (χ4v) is 5.03. The molecule has 4 aromatic rings. The molecule has 0 amide bonds. The second-order valence-electron chi connectivity index (χ2n) is 9.65. The van der Waals surface area contributed by atoms with Crippen LogP contribution in [0.4, 0.5) is 0 Å². The van der Waals surface area contributed by atoms with E-state index in [9.17, 15) is 9.90 Å². The van der Waals surface area contributed by atoms with Gasteiger partial charge in [0.05, 0.1) is 22.8 Å². The van der Waals surface area contributed by atoms with E-state index >= 15 is 0 Å². The fraction of sp³-hybridized carbons (Fsp3) is 0.290. The second kappa shape index (κ2) is 10.1. The average molecular weight is 482 g/mol. The summed E-state index contributed by atoms with van der Waals surface area (Å²) in [5.41, 5.74) is 6.46. The van der Waals surface area contributed by atoms with E-state index in [0.29, 0.717) is 12.8 Å². The molecule has 36 heavy (non-hydrogen) atoms. The predicted octanol–water partition coefficient (Wildman–Crippen LogP) is 7.14. The van der Waals surface area contributed by atoms with Gasteiger partial charge in [-0.05, 0) is 61.3 Å². The number of aliphatic carboxylic acids is 1. The number of nitrogens with zero attached hydrogens (tertiary/aromatic N) is 1. The summed E-state index contributed by atoms with van der Waals surface area (Å²) >= 11 is 0. The van der Waals surface area contributed by atoms with Crippen molar-refractivity contribution in [2.75, 3.05) is 7.11 Å². The van der Waals surface area contributed by atoms with E-state index in [-0.39, 0.29) is 6.10 Å². The van der Waals surface area contributed by atoms with Crippen molar-refractivity contribution in [2.24, 2.45) is 0 Å². The summed E-state index contributed by atoms with van der Waals surface area (Å²) in [5, 5.41) is 13.8. The maximum Gasteiger partial charge on any atom is 0.314 e. The van der Waals surface area contributed by atoms with Gasteiger partial charge in [0.15, 0.2) is 5.76 Å². The maximum atomic E-state index is 11.6. The van der Waals surface area contributed by atoms with Crippen LogP contribution in [0.15, 0.2) is 83.4 Å². The summed E-state index contributed by atoms with van der Waals surface area (Å²) in [5.74, 6) is 0.0188. The Balaban J connectivity index is 1.32. The van der Waals surface area contributed by atoms with E-state index in [1.165, 1.54) is 5.56 Å². The molecule has 0 radical (unpaired) electrons. The first-order valence-corrected chi connectivity index (χ1v) is 12.5. The first kappa shape index (κ1) is 24.0. The molecule has 0 saturated heterocycles. The first-order valence-electron chi connectivity index (χ1n) is 12.5. The molecule has 1 atom stereocenters. The third-order valence-corrected chi connectivity index (χ3v) is 7.37.